The first-order valence-electron chi connectivity index (χ1n) is 14.6. The topological polar surface area (TPSA) is 102 Å². The van der Waals surface area contributed by atoms with Crippen molar-refractivity contribution in [2.24, 2.45) is 0 Å². The highest BCUT2D eigenvalue weighted by atomic mass is 19.4. The molecule has 242 valence electrons. The lowest BCUT2D eigenvalue weighted by atomic mass is 9.96. The minimum Gasteiger partial charge on any atom is -0.472 e. The van der Waals surface area contributed by atoms with Gasteiger partial charge in [0.15, 0.2) is 5.82 Å². The summed E-state index contributed by atoms with van der Waals surface area (Å²) in [6.07, 6.45) is -4.42. The van der Waals surface area contributed by atoms with Crippen molar-refractivity contribution in [2.75, 3.05) is 37.4 Å². The first-order chi connectivity index (χ1) is 21.1. The molecule has 3 saturated heterocycles. The zero-order chi connectivity index (χ0) is 32.2. The van der Waals surface area contributed by atoms with E-state index < -0.39 is 82.4 Å². The van der Waals surface area contributed by atoms with E-state index in [2.05, 4.69) is 20.3 Å². The third kappa shape index (κ3) is 4.87. The number of ether oxygens (including phenoxy) is 2. The number of halogens is 7. The van der Waals surface area contributed by atoms with Gasteiger partial charge >= 0.3 is 12.2 Å². The molecular formula is C29H30F7N7O2. The molecule has 1 aromatic carbocycles. The molecule has 3 N–H and O–H groups in total. The largest absolute Gasteiger partial charge is 0.472 e. The Morgan fingerprint density at radius 2 is 1.91 bits per heavy atom. The number of likely N-dealkylation sites (N-methyl/N-ethyl adjacent to an activating group) is 1. The average molecular weight is 642 g/mol. The second-order valence-electron chi connectivity index (χ2n) is 12.4. The Hall–Kier alpha value is -3.66. The number of nitrogens with one attached hydrogen (secondary N) is 1. The molecule has 0 aliphatic carbocycles. The summed E-state index contributed by atoms with van der Waals surface area (Å²) in [6.45, 7) is 2.45. The molecule has 7 rings (SSSR count). The summed E-state index contributed by atoms with van der Waals surface area (Å²) in [7, 11) is 1.53. The normalized spacial score (nSPS) is 27.4. The zero-order valence-electron chi connectivity index (χ0n) is 24.5. The number of anilines is 2. The lowest BCUT2D eigenvalue weighted by Gasteiger charge is -2.42. The fraction of sp³-hybridized carbons (Fsp3) is 0.552. The molecule has 45 heavy (non-hydrogen) atoms. The van der Waals surface area contributed by atoms with Gasteiger partial charge in [0.05, 0.1) is 23.8 Å². The van der Waals surface area contributed by atoms with Crippen molar-refractivity contribution in [3.05, 3.63) is 28.8 Å². The molecule has 4 aliphatic heterocycles. The van der Waals surface area contributed by atoms with Crippen LogP contribution in [0.2, 0.25) is 0 Å². The van der Waals surface area contributed by atoms with Gasteiger partial charge in [0, 0.05) is 36.7 Å². The number of alkyl halides is 5. The molecular weight excluding hydrogens is 611 g/mol. The van der Waals surface area contributed by atoms with Crippen LogP contribution in [0.1, 0.15) is 37.3 Å². The molecule has 2 aromatic heterocycles. The number of nitrogen functional groups attached to an aromatic ring is 1. The molecule has 5 atom stereocenters. The maximum Gasteiger partial charge on any atom is 0.417 e. The molecule has 0 amide bonds. The monoisotopic (exact) mass is 641 g/mol. The molecule has 16 heteroatoms. The second-order valence-corrected chi connectivity index (χ2v) is 12.4. The SMILES string of the molecule is Cc1c(F)c(N)cc(-c2nc3c4c(nc(OC[C@H]5CC(F)(F)CN5C)nc4c2F)N2C[C@H]4CC[C@H](N4)[C@H]2[C@H](C)O3)c1C(F)(F)F. The summed E-state index contributed by atoms with van der Waals surface area (Å²) in [5, 5.41) is 3.58. The Labute approximate surface area is 252 Å². The van der Waals surface area contributed by atoms with E-state index in [1.54, 1.807) is 6.92 Å². The highest BCUT2D eigenvalue weighted by Crippen LogP contribution is 2.47. The van der Waals surface area contributed by atoms with E-state index in [0.29, 0.717) is 12.6 Å². The van der Waals surface area contributed by atoms with Crippen LogP contribution in [0.3, 0.4) is 0 Å². The van der Waals surface area contributed by atoms with Crippen LogP contribution in [0.15, 0.2) is 6.07 Å². The highest BCUT2D eigenvalue weighted by Gasteiger charge is 2.48. The number of piperazine rings is 1. The average Bonchev–Trinajstić information content (AvgIpc) is 3.42. The summed E-state index contributed by atoms with van der Waals surface area (Å²) >= 11 is 0. The number of benzene rings is 1. The molecule has 2 bridgehead atoms. The van der Waals surface area contributed by atoms with Crippen LogP contribution in [0.5, 0.6) is 11.9 Å². The first kappa shape index (κ1) is 30.0. The Kier molecular flexibility index (Phi) is 6.79. The van der Waals surface area contributed by atoms with E-state index in [9.17, 15) is 26.3 Å². The number of nitrogens with two attached hydrogens (primary N) is 1. The summed E-state index contributed by atoms with van der Waals surface area (Å²) < 4.78 is 114. The minimum absolute atomic E-state index is 0.0301. The molecule has 6 heterocycles. The van der Waals surface area contributed by atoms with Crippen LogP contribution in [-0.2, 0) is 6.18 Å². The lowest BCUT2D eigenvalue weighted by molar-refractivity contribution is -0.137. The van der Waals surface area contributed by atoms with Crippen LogP contribution >= 0.6 is 0 Å². The lowest BCUT2D eigenvalue weighted by Crippen LogP contribution is -2.62. The Morgan fingerprint density at radius 1 is 1.16 bits per heavy atom. The maximum atomic E-state index is 16.6. The van der Waals surface area contributed by atoms with Gasteiger partial charge in [-0.05, 0) is 45.4 Å². The summed E-state index contributed by atoms with van der Waals surface area (Å²) in [5.74, 6) is -5.44. The number of aromatic nitrogens is 3. The maximum absolute atomic E-state index is 16.6. The molecule has 0 unspecified atom stereocenters. The summed E-state index contributed by atoms with van der Waals surface area (Å²) in [4.78, 5) is 16.5. The van der Waals surface area contributed by atoms with Gasteiger partial charge in [-0.2, -0.15) is 23.1 Å². The van der Waals surface area contributed by atoms with Crippen molar-refractivity contribution in [1.29, 1.82) is 0 Å². The number of hydrogen-bond donors (Lipinski definition) is 2. The van der Waals surface area contributed by atoms with Gasteiger partial charge < -0.3 is 25.4 Å². The Morgan fingerprint density at radius 3 is 2.60 bits per heavy atom. The predicted molar refractivity (Wildman–Crippen MR) is 149 cm³/mol. The third-order valence-corrected chi connectivity index (χ3v) is 9.34. The van der Waals surface area contributed by atoms with Gasteiger partial charge in [-0.15, -0.1) is 0 Å². The summed E-state index contributed by atoms with van der Waals surface area (Å²) in [5.41, 5.74) is 0.814. The van der Waals surface area contributed by atoms with E-state index in [4.69, 9.17) is 15.2 Å². The van der Waals surface area contributed by atoms with Gasteiger partial charge in [0.25, 0.3) is 5.92 Å². The van der Waals surface area contributed by atoms with Crippen LogP contribution in [0.25, 0.3) is 22.2 Å². The standard InChI is InChI=1S/C29H30F7N7O2/c1-11-19(29(34,35)36)15(6-16(37)20(11)30)22-21(31)23-18-25(41-27(40-23)44-9-14-7-28(32,33)10-42(14)3)43-8-13-4-5-17(38-13)24(43)12(2)45-26(18)39-22/h6,12-14,17,24,38H,4-5,7-10,37H2,1-3H3/t12-,13+,14+,17-,24+/m0/s1. The smallest absolute Gasteiger partial charge is 0.417 e. The predicted octanol–water partition coefficient (Wildman–Crippen LogP) is 4.69. The van der Waals surface area contributed by atoms with E-state index in [1.165, 1.54) is 11.9 Å². The Bertz CT molecular complexity index is 1700. The highest BCUT2D eigenvalue weighted by molar-refractivity contribution is 5.97. The van der Waals surface area contributed by atoms with Crippen molar-refractivity contribution in [3.63, 3.8) is 0 Å². The fourth-order valence-electron chi connectivity index (χ4n) is 7.32. The van der Waals surface area contributed by atoms with Crippen molar-refractivity contribution in [3.8, 4) is 23.1 Å². The van der Waals surface area contributed by atoms with Crippen LogP contribution in [0.4, 0.5) is 42.2 Å². The van der Waals surface area contributed by atoms with Gasteiger partial charge in [-0.1, -0.05) is 0 Å². The number of rotatable bonds is 4. The van der Waals surface area contributed by atoms with E-state index >= 15 is 4.39 Å². The Balaban J connectivity index is 1.43. The van der Waals surface area contributed by atoms with Crippen molar-refractivity contribution < 1.29 is 40.2 Å². The number of nitrogens with zero attached hydrogens (tertiary/aromatic N) is 5. The first-order valence-corrected chi connectivity index (χ1v) is 14.6. The van der Waals surface area contributed by atoms with E-state index in [1.807, 2.05) is 4.90 Å². The quantitative estimate of drug-likeness (QED) is 0.311. The van der Waals surface area contributed by atoms with Crippen LogP contribution in [-0.4, -0.2) is 82.8 Å². The number of likely N-dealkylation sites (tertiary alicyclic amines) is 1. The van der Waals surface area contributed by atoms with Crippen LogP contribution in [0, 0.1) is 18.6 Å². The molecule has 3 fully saturated rings. The van der Waals surface area contributed by atoms with Gasteiger partial charge in [-0.3, -0.25) is 4.90 Å². The van der Waals surface area contributed by atoms with Gasteiger partial charge in [0.1, 0.15) is 40.9 Å². The van der Waals surface area contributed by atoms with Crippen molar-refractivity contribution in [2.45, 2.75) is 75.5 Å². The van der Waals surface area contributed by atoms with Gasteiger partial charge in [-0.25, -0.2) is 22.5 Å². The zero-order valence-corrected chi connectivity index (χ0v) is 24.5. The number of pyridine rings is 1. The third-order valence-electron chi connectivity index (χ3n) is 9.34. The van der Waals surface area contributed by atoms with Crippen molar-refractivity contribution >= 4 is 22.4 Å². The minimum atomic E-state index is -5.09. The second kappa shape index (κ2) is 10.2. The van der Waals surface area contributed by atoms with Crippen LogP contribution < -0.4 is 25.4 Å². The molecule has 3 aromatic rings. The van der Waals surface area contributed by atoms with E-state index in [-0.39, 0.29) is 47.8 Å². The molecule has 0 saturated carbocycles. The molecule has 4 aliphatic rings. The van der Waals surface area contributed by atoms with E-state index in [0.717, 1.165) is 19.8 Å². The fourth-order valence-corrected chi connectivity index (χ4v) is 7.32. The van der Waals surface area contributed by atoms with Crippen molar-refractivity contribution in [1.82, 2.24) is 25.2 Å². The summed E-state index contributed by atoms with van der Waals surface area (Å²) in [6, 6.07) is -0.579. The molecule has 9 nitrogen and oxygen atoms in total. The number of hydrogen-bond acceptors (Lipinski definition) is 9. The van der Waals surface area contributed by atoms with Gasteiger partial charge in [0.2, 0.25) is 5.88 Å². The molecule has 0 spiro atoms. The molecule has 0 radical (unpaired) electrons. The number of fused-ring (bicyclic) bond motifs is 5.